The highest BCUT2D eigenvalue weighted by Gasteiger charge is 2.34. The minimum atomic E-state index is -0.0877. The van der Waals surface area contributed by atoms with Gasteiger partial charge in [-0.1, -0.05) is 37.6 Å². The number of benzene rings is 1. The van der Waals surface area contributed by atoms with E-state index < -0.39 is 0 Å². The molecular formula is C25H34N2O3S. The standard InChI is InChI=1S/C25H34N2O3S/c1-4-5-11-23(28)26(14-8-16-30-3)18-24(29)27-15-12-22-21(13-17-31-22)25(27)20-10-7-6-9-19(20)2/h6-7,9-10,13,17,25H,4-5,8,11-12,14-16,18H2,1-3H3. The van der Waals surface area contributed by atoms with Crippen LogP contribution in [0.1, 0.15) is 60.2 Å². The molecule has 1 atom stereocenters. The van der Waals surface area contributed by atoms with Crippen molar-refractivity contribution in [1.82, 2.24) is 9.80 Å². The molecule has 1 aliphatic heterocycles. The molecule has 0 saturated heterocycles. The Labute approximate surface area is 190 Å². The zero-order valence-electron chi connectivity index (χ0n) is 18.9. The number of carbonyl (C=O) groups is 2. The Hall–Kier alpha value is -2.18. The fourth-order valence-corrected chi connectivity index (χ4v) is 5.15. The highest BCUT2D eigenvalue weighted by atomic mass is 32.1. The summed E-state index contributed by atoms with van der Waals surface area (Å²) in [6.45, 7) is 6.12. The molecule has 3 rings (SSSR count). The van der Waals surface area contributed by atoms with Crippen molar-refractivity contribution in [1.29, 1.82) is 0 Å². The van der Waals surface area contributed by atoms with Gasteiger partial charge in [0.1, 0.15) is 0 Å². The summed E-state index contributed by atoms with van der Waals surface area (Å²) in [5.74, 6) is 0.0827. The molecule has 1 aromatic carbocycles. The molecule has 2 amide bonds. The predicted molar refractivity (Wildman–Crippen MR) is 125 cm³/mol. The van der Waals surface area contributed by atoms with Gasteiger partial charge >= 0.3 is 0 Å². The first-order chi connectivity index (χ1) is 15.1. The molecule has 168 valence electrons. The first kappa shape index (κ1) is 23.5. The van der Waals surface area contributed by atoms with Crippen molar-refractivity contribution in [2.45, 2.75) is 52.0 Å². The summed E-state index contributed by atoms with van der Waals surface area (Å²) in [6, 6.07) is 10.4. The van der Waals surface area contributed by atoms with Crippen LogP contribution in [0.4, 0.5) is 0 Å². The third-order valence-electron chi connectivity index (χ3n) is 5.97. The average molecular weight is 443 g/mol. The van der Waals surface area contributed by atoms with E-state index >= 15 is 0 Å². The van der Waals surface area contributed by atoms with E-state index in [2.05, 4.69) is 37.4 Å². The van der Waals surface area contributed by atoms with E-state index in [4.69, 9.17) is 4.74 Å². The number of ether oxygens (including phenoxy) is 1. The molecule has 6 heteroatoms. The molecule has 0 aliphatic carbocycles. The summed E-state index contributed by atoms with van der Waals surface area (Å²) >= 11 is 1.77. The largest absolute Gasteiger partial charge is 0.385 e. The van der Waals surface area contributed by atoms with Gasteiger partial charge in [0.2, 0.25) is 11.8 Å². The lowest BCUT2D eigenvalue weighted by Crippen LogP contribution is -2.47. The van der Waals surface area contributed by atoms with Crippen molar-refractivity contribution in [2.75, 3.05) is 33.4 Å². The van der Waals surface area contributed by atoms with Crippen LogP contribution in [0, 0.1) is 6.92 Å². The highest BCUT2D eigenvalue weighted by Crippen LogP contribution is 2.39. The van der Waals surface area contributed by atoms with Crippen LogP contribution in [-0.4, -0.2) is 55.0 Å². The number of methoxy groups -OCH3 is 1. The van der Waals surface area contributed by atoms with Crippen molar-refractivity contribution >= 4 is 23.2 Å². The van der Waals surface area contributed by atoms with Crippen LogP contribution in [0.25, 0.3) is 0 Å². The van der Waals surface area contributed by atoms with E-state index in [1.807, 2.05) is 17.0 Å². The normalized spacial score (nSPS) is 15.6. The number of carbonyl (C=O) groups excluding carboxylic acids is 2. The first-order valence-corrected chi connectivity index (χ1v) is 12.1. The van der Waals surface area contributed by atoms with Gasteiger partial charge in [0, 0.05) is 38.1 Å². The minimum absolute atomic E-state index is 0.0207. The summed E-state index contributed by atoms with van der Waals surface area (Å²) in [4.78, 5) is 31.4. The number of nitrogens with zero attached hydrogens (tertiary/aromatic N) is 2. The van der Waals surface area contributed by atoms with Crippen molar-refractivity contribution in [3.63, 3.8) is 0 Å². The molecule has 0 saturated carbocycles. The van der Waals surface area contributed by atoms with Gasteiger partial charge in [-0.3, -0.25) is 9.59 Å². The van der Waals surface area contributed by atoms with Crippen LogP contribution in [0.2, 0.25) is 0 Å². The molecule has 2 aromatic rings. The molecule has 5 nitrogen and oxygen atoms in total. The van der Waals surface area contributed by atoms with Crippen LogP contribution < -0.4 is 0 Å². The first-order valence-electron chi connectivity index (χ1n) is 11.2. The number of rotatable bonds is 10. The number of fused-ring (bicyclic) bond motifs is 1. The van der Waals surface area contributed by atoms with Gasteiger partial charge < -0.3 is 14.5 Å². The maximum atomic E-state index is 13.6. The van der Waals surface area contributed by atoms with Gasteiger partial charge in [-0.15, -0.1) is 11.3 Å². The zero-order chi connectivity index (χ0) is 22.2. The van der Waals surface area contributed by atoms with Crippen LogP contribution >= 0.6 is 11.3 Å². The smallest absolute Gasteiger partial charge is 0.242 e. The van der Waals surface area contributed by atoms with Crippen LogP contribution in [0.5, 0.6) is 0 Å². The molecule has 0 radical (unpaired) electrons. The molecule has 1 aliphatic rings. The third kappa shape index (κ3) is 5.74. The Kier molecular flexibility index (Phi) is 8.67. The van der Waals surface area contributed by atoms with Gasteiger partial charge in [0.25, 0.3) is 0 Å². The summed E-state index contributed by atoms with van der Waals surface area (Å²) in [6.07, 6.45) is 3.91. The lowest BCUT2D eigenvalue weighted by atomic mass is 9.90. The Morgan fingerprint density at radius 2 is 2.00 bits per heavy atom. The molecule has 31 heavy (non-hydrogen) atoms. The second-order valence-corrected chi connectivity index (χ2v) is 9.16. The molecule has 1 aromatic heterocycles. The minimum Gasteiger partial charge on any atom is -0.385 e. The van der Waals surface area contributed by atoms with Gasteiger partial charge in [-0.25, -0.2) is 0 Å². The van der Waals surface area contributed by atoms with Gasteiger partial charge in [-0.05, 0) is 54.3 Å². The quantitative estimate of drug-likeness (QED) is 0.506. The summed E-state index contributed by atoms with van der Waals surface area (Å²) in [5, 5.41) is 2.12. The van der Waals surface area contributed by atoms with Gasteiger partial charge in [-0.2, -0.15) is 0 Å². The topological polar surface area (TPSA) is 49.9 Å². The van der Waals surface area contributed by atoms with Crippen LogP contribution in [0.15, 0.2) is 35.7 Å². The third-order valence-corrected chi connectivity index (χ3v) is 6.97. The van der Waals surface area contributed by atoms with Crippen LogP contribution in [-0.2, 0) is 20.7 Å². The fourth-order valence-electron chi connectivity index (χ4n) is 4.25. The molecule has 0 N–H and O–H groups in total. The Morgan fingerprint density at radius 3 is 2.74 bits per heavy atom. The zero-order valence-corrected chi connectivity index (χ0v) is 19.7. The average Bonchev–Trinajstić information content (AvgIpc) is 3.25. The lowest BCUT2D eigenvalue weighted by molar-refractivity contribution is -0.142. The number of hydrogen-bond donors (Lipinski definition) is 0. The summed E-state index contributed by atoms with van der Waals surface area (Å²) < 4.78 is 5.16. The second-order valence-electron chi connectivity index (χ2n) is 8.16. The lowest BCUT2D eigenvalue weighted by Gasteiger charge is -2.38. The van der Waals surface area contributed by atoms with E-state index in [1.165, 1.54) is 21.6 Å². The molecular weight excluding hydrogens is 408 g/mol. The van der Waals surface area contributed by atoms with Gasteiger partial charge in [0.15, 0.2) is 0 Å². The molecule has 0 bridgehead atoms. The maximum absolute atomic E-state index is 13.6. The second kappa shape index (κ2) is 11.4. The Balaban J connectivity index is 1.83. The number of hydrogen-bond acceptors (Lipinski definition) is 4. The van der Waals surface area contributed by atoms with E-state index in [-0.39, 0.29) is 24.4 Å². The SMILES string of the molecule is CCCCC(=O)N(CCCOC)CC(=O)N1CCc2sccc2C1c1ccccc1C. The molecule has 0 spiro atoms. The molecule has 2 heterocycles. The molecule has 1 unspecified atom stereocenters. The number of aryl methyl sites for hydroxylation is 1. The number of unbranched alkanes of at least 4 members (excludes halogenated alkanes) is 1. The van der Waals surface area contributed by atoms with E-state index in [1.54, 1.807) is 23.3 Å². The van der Waals surface area contributed by atoms with Gasteiger partial charge in [0.05, 0.1) is 12.6 Å². The van der Waals surface area contributed by atoms with Crippen molar-refractivity contribution in [2.24, 2.45) is 0 Å². The van der Waals surface area contributed by atoms with Crippen molar-refractivity contribution in [3.05, 3.63) is 57.3 Å². The highest BCUT2D eigenvalue weighted by molar-refractivity contribution is 7.10. The fraction of sp³-hybridized carbons (Fsp3) is 0.520. The Bertz CT molecular complexity index is 879. The number of amides is 2. The van der Waals surface area contributed by atoms with Crippen molar-refractivity contribution < 1.29 is 14.3 Å². The van der Waals surface area contributed by atoms with Crippen molar-refractivity contribution in [3.8, 4) is 0 Å². The van der Waals surface area contributed by atoms with E-state index in [0.29, 0.717) is 26.1 Å². The monoisotopic (exact) mass is 442 g/mol. The summed E-state index contributed by atoms with van der Waals surface area (Å²) in [7, 11) is 1.66. The summed E-state index contributed by atoms with van der Waals surface area (Å²) in [5.41, 5.74) is 3.57. The number of thiophene rings is 1. The Morgan fingerprint density at radius 1 is 1.19 bits per heavy atom. The van der Waals surface area contributed by atoms with E-state index in [9.17, 15) is 9.59 Å². The van der Waals surface area contributed by atoms with E-state index in [0.717, 1.165) is 25.7 Å². The maximum Gasteiger partial charge on any atom is 0.242 e. The van der Waals surface area contributed by atoms with Crippen LogP contribution in [0.3, 0.4) is 0 Å². The predicted octanol–water partition coefficient (Wildman–Crippen LogP) is 4.59. The molecule has 0 fully saturated rings.